The van der Waals surface area contributed by atoms with Crippen molar-refractivity contribution in [2.24, 2.45) is 5.92 Å². The summed E-state index contributed by atoms with van der Waals surface area (Å²) >= 11 is 0. The number of ether oxygens (including phenoxy) is 1. The maximum Gasteiger partial charge on any atom is 0.181 e. The van der Waals surface area contributed by atoms with Gasteiger partial charge in [-0.1, -0.05) is 31.9 Å². The van der Waals surface area contributed by atoms with Crippen molar-refractivity contribution < 1.29 is 19.0 Å². The van der Waals surface area contributed by atoms with E-state index >= 15 is 0 Å². The molecule has 0 amide bonds. The van der Waals surface area contributed by atoms with Gasteiger partial charge in [-0.25, -0.2) is 9.37 Å². The molecule has 2 aromatic heterocycles. The number of imidazole rings is 1. The van der Waals surface area contributed by atoms with Gasteiger partial charge in [0, 0.05) is 19.2 Å². The van der Waals surface area contributed by atoms with Gasteiger partial charge in [-0.05, 0) is 49.1 Å². The summed E-state index contributed by atoms with van der Waals surface area (Å²) in [5.74, 6) is 0.145. The Kier molecular flexibility index (Phi) is 6.99. The van der Waals surface area contributed by atoms with Crippen LogP contribution in [0.25, 0.3) is 5.65 Å². The summed E-state index contributed by atoms with van der Waals surface area (Å²) in [6.07, 6.45) is 4.93. The minimum Gasteiger partial charge on any atom is -0.485 e. The molecule has 3 rings (SSSR count). The first-order valence-corrected chi connectivity index (χ1v) is 10.0. The third-order valence-corrected chi connectivity index (χ3v) is 5.03. The summed E-state index contributed by atoms with van der Waals surface area (Å²) in [7, 11) is 0. The lowest BCUT2D eigenvalue weighted by atomic mass is 9.95. The molecule has 0 saturated carbocycles. The molecule has 1 N–H and O–H groups in total. The number of benzene rings is 1. The third-order valence-electron chi connectivity index (χ3n) is 5.03. The number of rotatable bonds is 10. The number of aryl methyl sites for hydroxylation is 1. The highest BCUT2D eigenvalue weighted by molar-refractivity contribution is 5.96. The highest BCUT2D eigenvalue weighted by atomic mass is 19.1. The number of carbonyl (C=O) groups is 1. The van der Waals surface area contributed by atoms with E-state index in [2.05, 4.69) is 11.9 Å². The zero-order valence-corrected chi connectivity index (χ0v) is 16.9. The monoisotopic (exact) mass is 398 g/mol. The van der Waals surface area contributed by atoms with Crippen LogP contribution in [-0.4, -0.2) is 26.9 Å². The molecule has 3 aromatic rings. The van der Waals surface area contributed by atoms with Gasteiger partial charge in [-0.3, -0.25) is 9.20 Å². The van der Waals surface area contributed by atoms with Gasteiger partial charge in [0.2, 0.25) is 0 Å². The maximum absolute atomic E-state index is 13.4. The number of nitrogens with zero attached hydrogens (tertiary/aromatic N) is 2. The molecule has 1 aromatic carbocycles. The second-order valence-electron chi connectivity index (χ2n) is 7.35. The standard InChI is InChI=1S/C23H27FN2O3/c1-3-4-7-17(14-27)13-20(28)22-16(2)25-23-21(10-6-11-26(22)23)29-15-18-8-5-9-19(24)12-18/h5-6,8-12,17,27H,3-4,7,13-15H2,1-2H3/t17-/m0/s1. The predicted octanol–water partition coefficient (Wildman–Crippen LogP) is 4.73. The molecule has 2 heterocycles. The first-order valence-electron chi connectivity index (χ1n) is 10.0. The molecule has 0 aliphatic rings. The summed E-state index contributed by atoms with van der Waals surface area (Å²) in [4.78, 5) is 17.5. The summed E-state index contributed by atoms with van der Waals surface area (Å²) in [6.45, 7) is 4.10. The van der Waals surface area contributed by atoms with E-state index in [9.17, 15) is 14.3 Å². The molecule has 0 fully saturated rings. The van der Waals surface area contributed by atoms with E-state index in [1.54, 1.807) is 41.8 Å². The van der Waals surface area contributed by atoms with E-state index < -0.39 is 0 Å². The SMILES string of the molecule is CCCC[C@H](CO)CC(=O)c1c(C)nc2c(OCc3cccc(F)c3)cccn12. The molecule has 154 valence electrons. The summed E-state index contributed by atoms with van der Waals surface area (Å²) < 4.78 is 21.0. The molecule has 0 bridgehead atoms. The molecule has 29 heavy (non-hydrogen) atoms. The Morgan fingerprint density at radius 3 is 2.86 bits per heavy atom. The lowest BCUT2D eigenvalue weighted by Crippen LogP contribution is -2.15. The Bertz CT molecular complexity index is 983. The molecule has 0 saturated heterocycles. The van der Waals surface area contributed by atoms with E-state index in [1.807, 2.05) is 0 Å². The number of aliphatic hydroxyl groups excluding tert-OH is 1. The van der Waals surface area contributed by atoms with Crippen LogP contribution in [0.1, 0.15) is 54.4 Å². The minimum atomic E-state index is -0.310. The lowest BCUT2D eigenvalue weighted by molar-refractivity contribution is 0.0923. The summed E-state index contributed by atoms with van der Waals surface area (Å²) in [5, 5.41) is 9.60. The fraction of sp³-hybridized carbons (Fsp3) is 0.391. The van der Waals surface area contributed by atoms with Crippen LogP contribution in [-0.2, 0) is 6.61 Å². The second-order valence-corrected chi connectivity index (χ2v) is 7.35. The van der Waals surface area contributed by atoms with Gasteiger partial charge in [0.1, 0.15) is 18.1 Å². The summed E-state index contributed by atoms with van der Waals surface area (Å²) in [6, 6.07) is 9.83. The van der Waals surface area contributed by atoms with E-state index in [0.717, 1.165) is 19.3 Å². The predicted molar refractivity (Wildman–Crippen MR) is 110 cm³/mol. The van der Waals surface area contributed by atoms with Gasteiger partial charge in [-0.15, -0.1) is 0 Å². The van der Waals surface area contributed by atoms with Crippen LogP contribution in [0.2, 0.25) is 0 Å². The second kappa shape index (κ2) is 9.65. The van der Waals surface area contributed by atoms with Gasteiger partial charge >= 0.3 is 0 Å². The van der Waals surface area contributed by atoms with Crippen LogP contribution >= 0.6 is 0 Å². The van der Waals surface area contributed by atoms with Crippen LogP contribution in [0.15, 0.2) is 42.6 Å². The fourth-order valence-electron chi connectivity index (χ4n) is 3.50. The van der Waals surface area contributed by atoms with Gasteiger partial charge in [0.25, 0.3) is 0 Å². The van der Waals surface area contributed by atoms with Crippen molar-refractivity contribution >= 4 is 11.4 Å². The van der Waals surface area contributed by atoms with Crippen LogP contribution in [0, 0.1) is 18.7 Å². The Balaban J connectivity index is 1.82. The van der Waals surface area contributed by atoms with Gasteiger partial charge in [0.15, 0.2) is 17.2 Å². The summed E-state index contributed by atoms with van der Waals surface area (Å²) in [5.41, 5.74) is 2.42. The average molecular weight is 398 g/mol. The van der Waals surface area contributed by atoms with Crippen molar-refractivity contribution in [3.63, 3.8) is 0 Å². The van der Waals surface area contributed by atoms with Crippen LogP contribution < -0.4 is 4.74 Å². The molecule has 1 atom stereocenters. The van der Waals surface area contributed by atoms with Crippen molar-refractivity contribution in [2.75, 3.05) is 6.61 Å². The largest absolute Gasteiger partial charge is 0.485 e. The number of unbranched alkanes of at least 4 members (excludes halogenated alkanes) is 1. The molecule has 0 aliphatic heterocycles. The molecule has 0 unspecified atom stereocenters. The number of ketones is 1. The zero-order chi connectivity index (χ0) is 20.8. The van der Waals surface area contributed by atoms with Crippen molar-refractivity contribution in [3.05, 3.63) is 65.4 Å². The minimum absolute atomic E-state index is 0.00349. The van der Waals surface area contributed by atoms with Crippen molar-refractivity contribution in [2.45, 2.75) is 46.1 Å². The van der Waals surface area contributed by atoms with E-state index in [0.29, 0.717) is 34.8 Å². The smallest absolute Gasteiger partial charge is 0.181 e. The number of carbonyl (C=O) groups excluding carboxylic acids is 1. The van der Waals surface area contributed by atoms with E-state index in [-0.39, 0.29) is 30.7 Å². The number of fused-ring (bicyclic) bond motifs is 1. The number of hydrogen-bond donors (Lipinski definition) is 1. The molecule has 0 radical (unpaired) electrons. The number of Topliss-reactive ketones (excluding diaryl/α,β-unsaturated/α-hetero) is 1. The van der Waals surface area contributed by atoms with E-state index in [4.69, 9.17) is 4.74 Å². The molecular weight excluding hydrogens is 371 g/mol. The maximum atomic E-state index is 13.4. The number of halogens is 1. The van der Waals surface area contributed by atoms with Crippen molar-refractivity contribution in [3.8, 4) is 5.75 Å². The van der Waals surface area contributed by atoms with Crippen LogP contribution in [0.5, 0.6) is 5.75 Å². The fourth-order valence-corrected chi connectivity index (χ4v) is 3.50. The first kappa shape index (κ1) is 21.0. The lowest BCUT2D eigenvalue weighted by Gasteiger charge is -2.13. The Morgan fingerprint density at radius 1 is 1.31 bits per heavy atom. The van der Waals surface area contributed by atoms with Gasteiger partial charge in [0.05, 0.1) is 5.69 Å². The van der Waals surface area contributed by atoms with Crippen molar-refractivity contribution in [1.29, 1.82) is 0 Å². The van der Waals surface area contributed by atoms with Gasteiger partial charge in [-0.2, -0.15) is 0 Å². The highest BCUT2D eigenvalue weighted by Crippen LogP contribution is 2.25. The molecule has 0 aliphatic carbocycles. The molecule has 5 nitrogen and oxygen atoms in total. The highest BCUT2D eigenvalue weighted by Gasteiger charge is 2.21. The van der Waals surface area contributed by atoms with Crippen LogP contribution in [0.4, 0.5) is 4.39 Å². The first-order chi connectivity index (χ1) is 14.0. The Labute approximate surface area is 170 Å². The van der Waals surface area contributed by atoms with Crippen molar-refractivity contribution in [1.82, 2.24) is 9.38 Å². The van der Waals surface area contributed by atoms with Gasteiger partial charge < -0.3 is 9.84 Å². The number of pyridine rings is 1. The number of hydrogen-bond acceptors (Lipinski definition) is 4. The molecule has 0 spiro atoms. The zero-order valence-electron chi connectivity index (χ0n) is 16.9. The average Bonchev–Trinajstić information content (AvgIpc) is 3.06. The third kappa shape index (κ3) is 5.01. The topological polar surface area (TPSA) is 63.8 Å². The molecular formula is C23H27FN2O3. The normalized spacial score (nSPS) is 12.3. The number of aliphatic hydroxyl groups is 1. The molecule has 6 heteroatoms. The Morgan fingerprint density at radius 2 is 2.14 bits per heavy atom. The quantitative estimate of drug-likeness (QED) is 0.502. The number of aromatic nitrogens is 2. The van der Waals surface area contributed by atoms with Crippen LogP contribution in [0.3, 0.4) is 0 Å². The Hall–Kier alpha value is -2.73. The van der Waals surface area contributed by atoms with E-state index in [1.165, 1.54) is 12.1 Å².